The predicted octanol–water partition coefficient (Wildman–Crippen LogP) is 4.21. The normalized spacial score (nSPS) is 12.6. The Balaban J connectivity index is 2.04. The molecular weight excluding hydrogens is 412 g/mol. The highest BCUT2D eigenvalue weighted by Crippen LogP contribution is 2.32. The molecule has 1 aromatic carbocycles. The van der Waals surface area contributed by atoms with Gasteiger partial charge in [0.05, 0.1) is 23.9 Å². The third-order valence-electron chi connectivity index (χ3n) is 3.44. The Bertz CT molecular complexity index is 600. The van der Waals surface area contributed by atoms with Crippen LogP contribution in [0.4, 0.5) is 0 Å². The quantitative estimate of drug-likeness (QED) is 0.712. The lowest BCUT2D eigenvalue weighted by molar-refractivity contribution is 0.250. The van der Waals surface area contributed by atoms with E-state index in [1.807, 2.05) is 32.3 Å². The van der Waals surface area contributed by atoms with Gasteiger partial charge < -0.3 is 14.5 Å². The summed E-state index contributed by atoms with van der Waals surface area (Å²) in [6.45, 7) is 1.50. The zero-order chi connectivity index (χ0) is 16.1. The molecule has 1 N–H and O–H groups in total. The first-order valence-corrected chi connectivity index (χ1v) is 8.54. The van der Waals surface area contributed by atoms with Crippen LogP contribution in [-0.2, 0) is 6.54 Å². The van der Waals surface area contributed by atoms with Crippen LogP contribution in [0, 0.1) is 0 Å². The monoisotopic (exact) mass is 430 g/mol. The molecule has 0 aliphatic carbocycles. The lowest BCUT2D eigenvalue weighted by atomic mass is 10.1. The Hall–Kier alpha value is -0.820. The van der Waals surface area contributed by atoms with Crippen molar-refractivity contribution in [1.29, 1.82) is 0 Å². The summed E-state index contributed by atoms with van der Waals surface area (Å²) in [7, 11) is 5.78. The smallest absolute Gasteiger partial charge is 0.137 e. The van der Waals surface area contributed by atoms with Gasteiger partial charge in [0, 0.05) is 23.1 Å². The summed E-state index contributed by atoms with van der Waals surface area (Å²) in [4.78, 5) is 2.14. The van der Waals surface area contributed by atoms with Crippen LogP contribution in [0.3, 0.4) is 0 Å². The topological polar surface area (TPSA) is 37.6 Å². The Morgan fingerprint density at radius 3 is 2.68 bits per heavy atom. The van der Waals surface area contributed by atoms with Crippen molar-refractivity contribution in [3.63, 3.8) is 0 Å². The molecule has 0 radical (unpaired) electrons. The lowest BCUT2D eigenvalue weighted by Gasteiger charge is -2.23. The Labute approximate surface area is 148 Å². The number of benzene rings is 1. The minimum atomic E-state index is 0.191. The number of nitrogens with one attached hydrogen (secondary N) is 1. The molecule has 0 aliphatic heterocycles. The molecule has 0 aliphatic rings. The zero-order valence-corrected chi connectivity index (χ0v) is 16.1. The maximum Gasteiger partial charge on any atom is 0.137 e. The molecule has 0 saturated heterocycles. The largest absolute Gasteiger partial charge is 0.495 e. The Kier molecular flexibility index (Phi) is 6.50. The van der Waals surface area contributed by atoms with Gasteiger partial charge in [0.1, 0.15) is 11.5 Å². The van der Waals surface area contributed by atoms with Gasteiger partial charge in [-0.15, -0.1) is 0 Å². The van der Waals surface area contributed by atoms with Gasteiger partial charge in [-0.2, -0.15) is 0 Å². The standard InChI is InChI=1S/C16H20Br2N2O2/c1-20(2)14(15-5-4-6-22-15)10-19-9-11-7-12(17)8-13(18)16(11)21-3/h4-8,14,19H,9-10H2,1-3H3. The van der Waals surface area contributed by atoms with Crippen LogP contribution in [-0.4, -0.2) is 32.6 Å². The van der Waals surface area contributed by atoms with Gasteiger partial charge >= 0.3 is 0 Å². The number of rotatable bonds is 7. The minimum Gasteiger partial charge on any atom is -0.495 e. The second-order valence-electron chi connectivity index (χ2n) is 5.21. The predicted molar refractivity (Wildman–Crippen MR) is 95.2 cm³/mol. The maximum absolute atomic E-state index is 5.52. The van der Waals surface area contributed by atoms with E-state index in [2.05, 4.69) is 48.1 Å². The van der Waals surface area contributed by atoms with Crippen molar-refractivity contribution in [3.8, 4) is 5.75 Å². The first kappa shape index (κ1) is 17.5. The van der Waals surface area contributed by atoms with Crippen molar-refractivity contribution >= 4 is 31.9 Å². The number of methoxy groups -OCH3 is 1. The number of likely N-dealkylation sites (N-methyl/N-ethyl adjacent to an activating group) is 1. The van der Waals surface area contributed by atoms with E-state index < -0.39 is 0 Å². The van der Waals surface area contributed by atoms with E-state index in [0.29, 0.717) is 6.54 Å². The summed E-state index contributed by atoms with van der Waals surface area (Å²) >= 11 is 7.04. The summed E-state index contributed by atoms with van der Waals surface area (Å²) in [5.74, 6) is 1.81. The van der Waals surface area contributed by atoms with E-state index in [0.717, 1.165) is 32.6 Å². The summed E-state index contributed by atoms with van der Waals surface area (Å²) in [5.41, 5.74) is 1.10. The van der Waals surface area contributed by atoms with Crippen LogP contribution >= 0.6 is 31.9 Å². The molecule has 6 heteroatoms. The highest BCUT2D eigenvalue weighted by molar-refractivity contribution is 9.11. The molecule has 0 spiro atoms. The molecule has 0 fully saturated rings. The molecule has 4 nitrogen and oxygen atoms in total. The molecule has 0 amide bonds. The fourth-order valence-electron chi connectivity index (χ4n) is 2.34. The van der Waals surface area contributed by atoms with Crippen LogP contribution in [0.15, 0.2) is 43.9 Å². The van der Waals surface area contributed by atoms with Crippen LogP contribution in [0.5, 0.6) is 5.75 Å². The Morgan fingerprint density at radius 2 is 2.09 bits per heavy atom. The summed E-state index contributed by atoms with van der Waals surface area (Å²) in [6.07, 6.45) is 1.71. The molecule has 1 atom stereocenters. The number of hydrogen-bond donors (Lipinski definition) is 1. The number of furan rings is 1. The van der Waals surface area contributed by atoms with Crippen molar-refractivity contribution in [2.75, 3.05) is 27.7 Å². The number of nitrogens with zero attached hydrogens (tertiary/aromatic N) is 1. The van der Waals surface area contributed by atoms with Gasteiger partial charge in [-0.3, -0.25) is 4.90 Å². The summed E-state index contributed by atoms with van der Waals surface area (Å²) < 4.78 is 13.0. The van der Waals surface area contributed by atoms with Crippen molar-refractivity contribution < 1.29 is 9.15 Å². The van der Waals surface area contributed by atoms with Gasteiger partial charge in [-0.05, 0) is 54.3 Å². The van der Waals surface area contributed by atoms with Crippen LogP contribution in [0.2, 0.25) is 0 Å². The fraction of sp³-hybridized carbons (Fsp3) is 0.375. The van der Waals surface area contributed by atoms with E-state index >= 15 is 0 Å². The lowest BCUT2D eigenvalue weighted by Crippen LogP contribution is -2.30. The van der Waals surface area contributed by atoms with E-state index in [1.54, 1.807) is 13.4 Å². The molecule has 0 bridgehead atoms. The molecule has 1 heterocycles. The second kappa shape index (κ2) is 8.15. The van der Waals surface area contributed by atoms with E-state index in [-0.39, 0.29) is 6.04 Å². The molecule has 2 aromatic rings. The number of halogens is 2. The molecule has 1 unspecified atom stereocenters. The van der Waals surface area contributed by atoms with Crippen molar-refractivity contribution in [1.82, 2.24) is 10.2 Å². The molecule has 120 valence electrons. The van der Waals surface area contributed by atoms with Crippen LogP contribution in [0.25, 0.3) is 0 Å². The maximum atomic E-state index is 5.52. The zero-order valence-electron chi connectivity index (χ0n) is 12.9. The van der Waals surface area contributed by atoms with Gasteiger partial charge in [0.25, 0.3) is 0 Å². The number of hydrogen-bond acceptors (Lipinski definition) is 4. The summed E-state index contributed by atoms with van der Waals surface area (Å²) in [5, 5.41) is 3.48. The number of ether oxygens (including phenoxy) is 1. The molecular formula is C16H20Br2N2O2. The Morgan fingerprint density at radius 1 is 1.32 bits per heavy atom. The van der Waals surface area contributed by atoms with Crippen molar-refractivity contribution in [3.05, 3.63) is 50.8 Å². The molecule has 22 heavy (non-hydrogen) atoms. The average molecular weight is 432 g/mol. The SMILES string of the molecule is COc1c(Br)cc(Br)cc1CNCC(c1ccco1)N(C)C. The van der Waals surface area contributed by atoms with E-state index in [1.165, 1.54) is 0 Å². The van der Waals surface area contributed by atoms with E-state index in [4.69, 9.17) is 9.15 Å². The highest BCUT2D eigenvalue weighted by Gasteiger charge is 2.17. The van der Waals surface area contributed by atoms with Crippen LogP contribution in [0.1, 0.15) is 17.4 Å². The fourth-order valence-corrected chi connectivity index (χ4v) is 3.81. The van der Waals surface area contributed by atoms with Gasteiger partial charge in [-0.25, -0.2) is 0 Å². The van der Waals surface area contributed by atoms with Gasteiger partial charge in [0.2, 0.25) is 0 Å². The molecule has 1 aromatic heterocycles. The van der Waals surface area contributed by atoms with E-state index in [9.17, 15) is 0 Å². The van der Waals surface area contributed by atoms with Crippen molar-refractivity contribution in [2.24, 2.45) is 0 Å². The van der Waals surface area contributed by atoms with Gasteiger partial charge in [-0.1, -0.05) is 15.9 Å². The third kappa shape index (κ3) is 4.35. The molecule has 2 rings (SSSR count). The van der Waals surface area contributed by atoms with Gasteiger partial charge in [0.15, 0.2) is 0 Å². The van der Waals surface area contributed by atoms with Crippen molar-refractivity contribution in [2.45, 2.75) is 12.6 Å². The first-order chi connectivity index (χ1) is 10.5. The summed E-state index contributed by atoms with van der Waals surface area (Å²) in [6, 6.07) is 8.15. The van der Waals surface area contributed by atoms with Crippen LogP contribution < -0.4 is 10.1 Å². The average Bonchev–Trinajstić information content (AvgIpc) is 2.96. The molecule has 0 saturated carbocycles. The highest BCUT2D eigenvalue weighted by atomic mass is 79.9. The minimum absolute atomic E-state index is 0.191. The first-order valence-electron chi connectivity index (χ1n) is 6.95. The second-order valence-corrected chi connectivity index (χ2v) is 6.98. The third-order valence-corrected chi connectivity index (χ3v) is 4.48.